The lowest BCUT2D eigenvalue weighted by Gasteiger charge is -2.27. The monoisotopic (exact) mass is 393 g/mol. The molecule has 0 N–H and O–H groups in total. The van der Waals surface area contributed by atoms with Gasteiger partial charge in [0.1, 0.15) is 5.60 Å². The molecule has 1 aromatic heterocycles. The molecule has 0 spiro atoms. The fourth-order valence-electron chi connectivity index (χ4n) is 2.33. The van der Waals surface area contributed by atoms with E-state index in [0.29, 0.717) is 13.1 Å². The Labute approximate surface area is 151 Å². The zero-order valence-corrected chi connectivity index (χ0v) is 16.4. The van der Waals surface area contributed by atoms with Crippen LogP contribution in [0.1, 0.15) is 37.7 Å². The molecule has 0 aliphatic heterocycles. The van der Waals surface area contributed by atoms with E-state index in [9.17, 15) is 4.79 Å². The second kappa shape index (κ2) is 7.38. The summed E-state index contributed by atoms with van der Waals surface area (Å²) in [6, 6.07) is 9.92. The number of hydrogen-bond acceptors (Lipinski definition) is 3. The summed E-state index contributed by atoms with van der Waals surface area (Å²) in [7, 11) is 1.88. The van der Waals surface area contributed by atoms with Crippen molar-refractivity contribution in [3.05, 3.63) is 51.8 Å². The number of rotatable bonds is 4. The van der Waals surface area contributed by atoms with Crippen LogP contribution in [-0.4, -0.2) is 26.4 Å². The largest absolute Gasteiger partial charge is 0.444 e. The Bertz CT molecular complexity index is 702. The highest BCUT2D eigenvalue weighted by Crippen LogP contribution is 2.17. The number of benzene rings is 1. The Hall–Kier alpha value is -1.82. The normalized spacial score (nSPS) is 11.4. The summed E-state index contributed by atoms with van der Waals surface area (Å²) in [6.07, 6.45) is -0.329. The minimum Gasteiger partial charge on any atom is -0.444 e. The fourth-order valence-corrected chi connectivity index (χ4v) is 2.59. The van der Waals surface area contributed by atoms with Crippen molar-refractivity contribution in [2.75, 3.05) is 0 Å². The zero-order chi connectivity index (χ0) is 17.9. The molecule has 5 nitrogen and oxygen atoms in total. The lowest BCUT2D eigenvalue weighted by molar-refractivity contribution is 0.0212. The van der Waals surface area contributed by atoms with Gasteiger partial charge >= 0.3 is 6.09 Å². The first-order chi connectivity index (χ1) is 11.1. The van der Waals surface area contributed by atoms with E-state index in [-0.39, 0.29) is 6.09 Å². The van der Waals surface area contributed by atoms with Crippen LogP contribution in [0, 0.1) is 6.92 Å². The first-order valence-corrected chi connectivity index (χ1v) is 8.65. The molecule has 0 radical (unpaired) electrons. The number of amides is 1. The molecule has 24 heavy (non-hydrogen) atoms. The van der Waals surface area contributed by atoms with Crippen LogP contribution >= 0.6 is 15.9 Å². The molecule has 1 aromatic carbocycles. The quantitative estimate of drug-likeness (QED) is 0.771. The van der Waals surface area contributed by atoms with Gasteiger partial charge in [-0.25, -0.2) is 4.79 Å². The van der Waals surface area contributed by atoms with Crippen LogP contribution in [0.25, 0.3) is 0 Å². The third kappa shape index (κ3) is 5.37. The fraction of sp³-hybridized carbons (Fsp3) is 0.444. The maximum absolute atomic E-state index is 12.6. The predicted molar refractivity (Wildman–Crippen MR) is 97.6 cm³/mol. The van der Waals surface area contributed by atoms with Gasteiger partial charge in [0.05, 0.1) is 17.9 Å². The summed E-state index contributed by atoms with van der Waals surface area (Å²) < 4.78 is 8.37. The van der Waals surface area contributed by atoms with Gasteiger partial charge in [-0.3, -0.25) is 9.58 Å². The number of nitrogens with zero attached hydrogens (tertiary/aromatic N) is 3. The third-order valence-corrected chi connectivity index (χ3v) is 3.92. The van der Waals surface area contributed by atoms with Gasteiger partial charge in [0.25, 0.3) is 0 Å². The van der Waals surface area contributed by atoms with Crippen molar-refractivity contribution in [3.8, 4) is 0 Å². The molecule has 0 aliphatic carbocycles. The maximum Gasteiger partial charge on any atom is 0.410 e. The minimum atomic E-state index is -0.530. The first kappa shape index (κ1) is 18.5. The summed E-state index contributed by atoms with van der Waals surface area (Å²) in [5, 5.41) is 4.35. The Morgan fingerprint density at radius 3 is 2.38 bits per heavy atom. The van der Waals surface area contributed by atoms with Crippen LogP contribution in [0.4, 0.5) is 4.79 Å². The van der Waals surface area contributed by atoms with Crippen LogP contribution in [-0.2, 0) is 24.9 Å². The van der Waals surface area contributed by atoms with Crippen LogP contribution in [0.15, 0.2) is 34.8 Å². The van der Waals surface area contributed by atoms with Gasteiger partial charge in [-0.15, -0.1) is 0 Å². The molecular formula is C18H24BrN3O2. The molecule has 130 valence electrons. The van der Waals surface area contributed by atoms with Crippen molar-refractivity contribution in [3.63, 3.8) is 0 Å². The molecule has 0 saturated carbocycles. The van der Waals surface area contributed by atoms with Crippen LogP contribution in [0.5, 0.6) is 0 Å². The third-order valence-electron chi connectivity index (χ3n) is 3.39. The second-order valence-corrected chi connectivity index (χ2v) is 7.78. The predicted octanol–water partition coefficient (Wildman–Crippen LogP) is 4.43. The Kier molecular flexibility index (Phi) is 5.70. The molecule has 0 saturated heterocycles. The molecule has 0 bridgehead atoms. The van der Waals surface area contributed by atoms with E-state index in [1.54, 1.807) is 9.58 Å². The molecule has 0 fully saturated rings. The number of halogens is 1. The smallest absolute Gasteiger partial charge is 0.410 e. The first-order valence-electron chi connectivity index (χ1n) is 7.86. The maximum atomic E-state index is 12.6. The van der Waals surface area contributed by atoms with E-state index in [0.717, 1.165) is 21.4 Å². The molecule has 1 amide bonds. The molecular weight excluding hydrogens is 370 g/mol. The highest BCUT2D eigenvalue weighted by Gasteiger charge is 2.23. The summed E-state index contributed by atoms with van der Waals surface area (Å²) in [6.45, 7) is 8.48. The topological polar surface area (TPSA) is 47.4 Å². The van der Waals surface area contributed by atoms with Crippen LogP contribution < -0.4 is 0 Å². The average Bonchev–Trinajstić information content (AvgIpc) is 2.76. The van der Waals surface area contributed by atoms with E-state index in [2.05, 4.69) is 21.0 Å². The number of ether oxygens (including phenoxy) is 1. The van der Waals surface area contributed by atoms with Gasteiger partial charge in [-0.1, -0.05) is 28.1 Å². The minimum absolute atomic E-state index is 0.329. The number of aromatic nitrogens is 2. The zero-order valence-electron chi connectivity index (χ0n) is 14.8. The van der Waals surface area contributed by atoms with Crippen molar-refractivity contribution in [1.82, 2.24) is 14.7 Å². The molecule has 2 rings (SSSR count). The molecule has 6 heteroatoms. The van der Waals surface area contributed by atoms with Crippen LogP contribution in [0.3, 0.4) is 0 Å². The van der Waals surface area contributed by atoms with Crippen molar-refractivity contribution >= 4 is 22.0 Å². The highest BCUT2D eigenvalue weighted by molar-refractivity contribution is 9.10. The van der Waals surface area contributed by atoms with Crippen LogP contribution in [0.2, 0.25) is 0 Å². The SMILES string of the molecule is Cc1cc(CN(Cc2ccc(Br)cc2)C(=O)OC(C)(C)C)n(C)n1. The lowest BCUT2D eigenvalue weighted by Crippen LogP contribution is -2.36. The molecule has 0 unspecified atom stereocenters. The Morgan fingerprint density at radius 2 is 1.88 bits per heavy atom. The molecule has 0 atom stereocenters. The van der Waals surface area contributed by atoms with Gasteiger partial charge in [-0.05, 0) is 51.5 Å². The van der Waals surface area contributed by atoms with Gasteiger partial charge in [0, 0.05) is 18.1 Å². The summed E-state index contributed by atoms with van der Waals surface area (Å²) >= 11 is 3.43. The lowest BCUT2D eigenvalue weighted by atomic mass is 10.2. The van der Waals surface area contributed by atoms with E-state index < -0.39 is 5.60 Å². The molecule has 0 aliphatic rings. The van der Waals surface area contributed by atoms with Gasteiger partial charge in [-0.2, -0.15) is 5.10 Å². The van der Waals surface area contributed by atoms with E-state index in [4.69, 9.17) is 4.74 Å². The highest BCUT2D eigenvalue weighted by atomic mass is 79.9. The number of hydrogen-bond donors (Lipinski definition) is 0. The number of carbonyl (C=O) groups is 1. The van der Waals surface area contributed by atoms with Gasteiger partial charge in [0.2, 0.25) is 0 Å². The van der Waals surface area contributed by atoms with Crippen molar-refractivity contribution < 1.29 is 9.53 Å². The number of aryl methyl sites for hydroxylation is 2. The molecule has 2 aromatic rings. The second-order valence-electron chi connectivity index (χ2n) is 6.86. The van der Waals surface area contributed by atoms with E-state index >= 15 is 0 Å². The van der Waals surface area contributed by atoms with E-state index in [1.807, 2.05) is 65.1 Å². The van der Waals surface area contributed by atoms with Gasteiger partial charge in [0.15, 0.2) is 0 Å². The Balaban J connectivity index is 2.21. The van der Waals surface area contributed by atoms with Crippen molar-refractivity contribution in [1.29, 1.82) is 0 Å². The van der Waals surface area contributed by atoms with E-state index in [1.165, 1.54) is 0 Å². The summed E-state index contributed by atoms with van der Waals surface area (Å²) in [5.41, 5.74) is 2.41. The summed E-state index contributed by atoms with van der Waals surface area (Å²) in [4.78, 5) is 14.3. The summed E-state index contributed by atoms with van der Waals surface area (Å²) in [5.74, 6) is 0. The Morgan fingerprint density at radius 1 is 1.25 bits per heavy atom. The standard InChI is InChI=1S/C18H24BrN3O2/c1-13-10-16(21(5)20-13)12-22(17(23)24-18(2,3)4)11-14-6-8-15(19)9-7-14/h6-10H,11-12H2,1-5H3. The van der Waals surface area contributed by atoms with Crippen molar-refractivity contribution in [2.24, 2.45) is 7.05 Å². The average molecular weight is 394 g/mol. The number of carbonyl (C=O) groups excluding carboxylic acids is 1. The van der Waals surface area contributed by atoms with Crippen molar-refractivity contribution in [2.45, 2.75) is 46.4 Å². The van der Waals surface area contributed by atoms with Gasteiger partial charge < -0.3 is 4.74 Å². The molecule has 1 heterocycles.